The van der Waals surface area contributed by atoms with Crippen LogP contribution in [0.1, 0.15) is 43.4 Å². The molecule has 32 heavy (non-hydrogen) atoms. The molecule has 0 fully saturated rings. The highest BCUT2D eigenvalue weighted by atomic mass is 19.1. The lowest BCUT2D eigenvalue weighted by Crippen LogP contribution is -2.26. The van der Waals surface area contributed by atoms with Gasteiger partial charge in [-0.2, -0.15) is 0 Å². The highest BCUT2D eigenvalue weighted by Crippen LogP contribution is 2.25. The molecule has 0 bridgehead atoms. The molecule has 0 saturated carbocycles. The molecule has 0 radical (unpaired) electrons. The predicted molar refractivity (Wildman–Crippen MR) is 127 cm³/mol. The smallest absolute Gasteiger partial charge is 0.339 e. The summed E-state index contributed by atoms with van der Waals surface area (Å²) in [7, 11) is 0. The van der Waals surface area contributed by atoms with Crippen molar-refractivity contribution in [2.45, 2.75) is 46.5 Å². The molecule has 2 aromatic carbocycles. The molecule has 0 aliphatic carbocycles. The van der Waals surface area contributed by atoms with Crippen LogP contribution >= 0.6 is 0 Å². The third-order valence-corrected chi connectivity index (χ3v) is 5.88. The van der Waals surface area contributed by atoms with Crippen molar-refractivity contribution < 1.29 is 13.6 Å². The molecule has 0 aliphatic rings. The Morgan fingerprint density at radius 3 is 2.47 bits per heavy atom. The SMILES string of the molecule is CCN(CC)c1ccc2c(C)c(CCC(=O)NCCCc3ccc(F)cc3)c(=O)oc2c1. The van der Waals surface area contributed by atoms with Crippen LogP contribution in [-0.4, -0.2) is 25.5 Å². The number of benzene rings is 2. The number of fused-ring (bicyclic) bond motifs is 1. The van der Waals surface area contributed by atoms with Crippen LogP contribution in [0.4, 0.5) is 10.1 Å². The van der Waals surface area contributed by atoms with Crippen molar-refractivity contribution in [3.05, 3.63) is 75.4 Å². The summed E-state index contributed by atoms with van der Waals surface area (Å²) < 4.78 is 18.5. The van der Waals surface area contributed by atoms with Crippen LogP contribution in [0, 0.1) is 12.7 Å². The van der Waals surface area contributed by atoms with Crippen molar-refractivity contribution in [2.75, 3.05) is 24.5 Å². The van der Waals surface area contributed by atoms with Crippen LogP contribution in [0.25, 0.3) is 11.0 Å². The fraction of sp³-hybridized carbons (Fsp3) is 0.385. The highest BCUT2D eigenvalue weighted by molar-refractivity contribution is 5.84. The van der Waals surface area contributed by atoms with Gasteiger partial charge in [-0.3, -0.25) is 4.79 Å². The second kappa shape index (κ2) is 10.9. The molecular weight excluding hydrogens is 407 g/mol. The molecule has 1 amide bonds. The number of hydrogen-bond donors (Lipinski definition) is 1. The van der Waals surface area contributed by atoms with E-state index in [-0.39, 0.29) is 23.8 Å². The van der Waals surface area contributed by atoms with Gasteiger partial charge in [0.2, 0.25) is 5.91 Å². The first-order valence-electron chi connectivity index (χ1n) is 11.2. The third-order valence-electron chi connectivity index (χ3n) is 5.88. The van der Waals surface area contributed by atoms with E-state index in [4.69, 9.17) is 4.42 Å². The zero-order chi connectivity index (χ0) is 23.1. The van der Waals surface area contributed by atoms with Crippen LogP contribution < -0.4 is 15.8 Å². The van der Waals surface area contributed by atoms with Crippen molar-refractivity contribution in [3.8, 4) is 0 Å². The lowest BCUT2D eigenvalue weighted by Gasteiger charge is -2.21. The summed E-state index contributed by atoms with van der Waals surface area (Å²) >= 11 is 0. The number of carbonyl (C=O) groups excluding carboxylic acids is 1. The number of nitrogens with zero attached hydrogens (tertiary/aromatic N) is 1. The molecular formula is C26H31FN2O3. The summed E-state index contributed by atoms with van der Waals surface area (Å²) in [4.78, 5) is 27.0. The molecule has 0 aliphatic heterocycles. The summed E-state index contributed by atoms with van der Waals surface area (Å²) in [5.41, 5.74) is 3.68. The Hall–Kier alpha value is -3.15. The van der Waals surface area contributed by atoms with E-state index < -0.39 is 0 Å². The predicted octanol–water partition coefficient (Wildman–Crippen LogP) is 4.77. The number of carbonyl (C=O) groups is 1. The monoisotopic (exact) mass is 438 g/mol. The molecule has 1 aromatic heterocycles. The summed E-state index contributed by atoms with van der Waals surface area (Å²) in [5.74, 6) is -0.347. The number of amides is 1. The van der Waals surface area contributed by atoms with E-state index >= 15 is 0 Å². The van der Waals surface area contributed by atoms with Gasteiger partial charge < -0.3 is 14.6 Å². The van der Waals surface area contributed by atoms with Crippen molar-refractivity contribution in [1.29, 1.82) is 0 Å². The Morgan fingerprint density at radius 2 is 1.78 bits per heavy atom. The minimum absolute atomic E-state index is 0.0973. The van der Waals surface area contributed by atoms with Gasteiger partial charge >= 0.3 is 5.63 Å². The maximum Gasteiger partial charge on any atom is 0.339 e. The molecule has 6 heteroatoms. The number of hydrogen-bond acceptors (Lipinski definition) is 4. The minimum atomic E-state index is -0.379. The summed E-state index contributed by atoms with van der Waals surface area (Å²) in [5, 5.41) is 3.79. The van der Waals surface area contributed by atoms with Gasteiger partial charge in [-0.05, 0) is 75.4 Å². The van der Waals surface area contributed by atoms with E-state index in [0.717, 1.165) is 48.1 Å². The lowest BCUT2D eigenvalue weighted by molar-refractivity contribution is -0.121. The number of aryl methyl sites for hydroxylation is 2. The molecule has 1 N–H and O–H groups in total. The van der Waals surface area contributed by atoms with E-state index in [1.807, 2.05) is 25.1 Å². The Labute approximate surface area is 188 Å². The second-order valence-electron chi connectivity index (χ2n) is 7.93. The molecule has 3 rings (SSSR count). The number of halogens is 1. The van der Waals surface area contributed by atoms with Crippen LogP contribution in [0.2, 0.25) is 0 Å². The molecule has 0 spiro atoms. The van der Waals surface area contributed by atoms with Crippen molar-refractivity contribution in [2.24, 2.45) is 0 Å². The van der Waals surface area contributed by atoms with Crippen LogP contribution in [0.15, 0.2) is 51.7 Å². The maximum atomic E-state index is 12.9. The standard InChI is InChI=1S/C26H31FN2O3/c1-4-29(5-2)21-12-13-22-18(3)23(26(31)32-24(22)17-21)14-15-25(30)28-16-6-7-19-8-10-20(27)11-9-19/h8-13,17H,4-7,14-16H2,1-3H3,(H,28,30). The fourth-order valence-corrected chi connectivity index (χ4v) is 3.96. The normalized spacial score (nSPS) is 11.0. The van der Waals surface area contributed by atoms with E-state index in [9.17, 15) is 14.0 Å². The third kappa shape index (κ3) is 5.75. The summed E-state index contributed by atoms with van der Waals surface area (Å²) in [6.45, 7) is 8.38. The summed E-state index contributed by atoms with van der Waals surface area (Å²) in [6, 6.07) is 12.3. The fourth-order valence-electron chi connectivity index (χ4n) is 3.96. The molecule has 170 valence electrons. The van der Waals surface area contributed by atoms with E-state index in [1.54, 1.807) is 12.1 Å². The Balaban J connectivity index is 1.58. The topological polar surface area (TPSA) is 62.6 Å². The van der Waals surface area contributed by atoms with Gasteiger partial charge in [0.1, 0.15) is 11.4 Å². The highest BCUT2D eigenvalue weighted by Gasteiger charge is 2.14. The zero-order valence-electron chi connectivity index (χ0n) is 19.0. The van der Waals surface area contributed by atoms with E-state index in [1.165, 1.54) is 12.1 Å². The number of anilines is 1. The van der Waals surface area contributed by atoms with Crippen LogP contribution in [0.3, 0.4) is 0 Å². The minimum Gasteiger partial charge on any atom is -0.422 e. The number of rotatable bonds is 10. The van der Waals surface area contributed by atoms with Gasteiger partial charge in [-0.1, -0.05) is 12.1 Å². The molecule has 5 nitrogen and oxygen atoms in total. The average molecular weight is 439 g/mol. The van der Waals surface area contributed by atoms with Crippen LogP contribution in [-0.2, 0) is 17.6 Å². The van der Waals surface area contributed by atoms with Gasteiger partial charge in [0, 0.05) is 48.8 Å². The van der Waals surface area contributed by atoms with Crippen molar-refractivity contribution in [1.82, 2.24) is 5.32 Å². The molecule has 1 heterocycles. The van der Waals surface area contributed by atoms with Crippen LogP contribution in [0.5, 0.6) is 0 Å². The van der Waals surface area contributed by atoms with Gasteiger partial charge in [0.15, 0.2) is 0 Å². The average Bonchev–Trinajstić information content (AvgIpc) is 2.78. The second-order valence-corrected chi connectivity index (χ2v) is 7.93. The van der Waals surface area contributed by atoms with Gasteiger partial charge in [-0.25, -0.2) is 9.18 Å². The Kier molecular flexibility index (Phi) is 8.03. The Bertz CT molecular complexity index is 1120. The molecule has 3 aromatic rings. The Morgan fingerprint density at radius 1 is 1.06 bits per heavy atom. The molecule has 0 atom stereocenters. The quantitative estimate of drug-likeness (QED) is 0.366. The first-order chi connectivity index (χ1) is 15.4. The summed E-state index contributed by atoms with van der Waals surface area (Å²) in [6.07, 6.45) is 2.10. The van der Waals surface area contributed by atoms with Gasteiger partial charge in [-0.15, -0.1) is 0 Å². The first kappa shape index (κ1) is 23.5. The van der Waals surface area contributed by atoms with Gasteiger partial charge in [0.05, 0.1) is 0 Å². The first-order valence-corrected chi connectivity index (χ1v) is 11.2. The van der Waals surface area contributed by atoms with Crippen molar-refractivity contribution >= 4 is 22.6 Å². The molecule has 0 unspecified atom stereocenters. The van der Waals surface area contributed by atoms with Crippen molar-refractivity contribution in [3.63, 3.8) is 0 Å². The van der Waals surface area contributed by atoms with Gasteiger partial charge in [0.25, 0.3) is 0 Å². The van der Waals surface area contributed by atoms with E-state index in [0.29, 0.717) is 24.1 Å². The zero-order valence-corrected chi connectivity index (χ0v) is 19.0. The largest absolute Gasteiger partial charge is 0.422 e. The van der Waals surface area contributed by atoms with E-state index in [2.05, 4.69) is 24.1 Å². The maximum absolute atomic E-state index is 12.9. The number of nitrogens with one attached hydrogen (secondary N) is 1. The molecule has 0 saturated heterocycles. The lowest BCUT2D eigenvalue weighted by atomic mass is 10.0.